The van der Waals surface area contributed by atoms with E-state index in [2.05, 4.69) is 0 Å². The van der Waals surface area contributed by atoms with Crippen LogP contribution in [0.15, 0.2) is 42.5 Å². The molecule has 24 heavy (non-hydrogen) atoms. The molecule has 0 saturated carbocycles. The summed E-state index contributed by atoms with van der Waals surface area (Å²) in [7, 11) is 2.97. The third-order valence-corrected chi connectivity index (χ3v) is 3.62. The lowest BCUT2D eigenvalue weighted by Crippen LogP contribution is -2.24. The highest BCUT2D eigenvalue weighted by molar-refractivity contribution is 6.01. The van der Waals surface area contributed by atoms with Crippen LogP contribution < -0.4 is 9.47 Å². The molecule has 126 valence electrons. The number of rotatable bonds is 6. The van der Waals surface area contributed by atoms with E-state index in [9.17, 15) is 9.59 Å². The molecule has 0 spiro atoms. The molecule has 0 heterocycles. The van der Waals surface area contributed by atoms with Crippen molar-refractivity contribution < 1.29 is 23.8 Å². The second-order valence-electron chi connectivity index (χ2n) is 5.34. The molecular weight excluding hydrogens is 308 g/mol. The maximum Gasteiger partial charge on any atom is 0.342 e. The third-order valence-electron chi connectivity index (χ3n) is 3.62. The van der Waals surface area contributed by atoms with Gasteiger partial charge in [0.2, 0.25) is 5.78 Å². The lowest BCUT2D eigenvalue weighted by Gasteiger charge is -2.14. The Morgan fingerprint density at radius 1 is 0.958 bits per heavy atom. The van der Waals surface area contributed by atoms with Crippen LogP contribution in [0.4, 0.5) is 0 Å². The number of carbonyl (C=O) groups excluding carboxylic acids is 2. The molecule has 0 N–H and O–H groups in total. The topological polar surface area (TPSA) is 61.8 Å². The molecule has 0 bridgehead atoms. The Kier molecular flexibility index (Phi) is 5.58. The van der Waals surface area contributed by atoms with Gasteiger partial charge in [-0.25, -0.2) is 4.79 Å². The highest BCUT2D eigenvalue weighted by Gasteiger charge is 2.22. The molecule has 0 aliphatic rings. The number of benzene rings is 2. The van der Waals surface area contributed by atoms with Crippen LogP contribution in [0.3, 0.4) is 0 Å². The normalized spacial score (nSPS) is 11.5. The van der Waals surface area contributed by atoms with Crippen molar-refractivity contribution in [2.24, 2.45) is 0 Å². The molecule has 0 fully saturated rings. The van der Waals surface area contributed by atoms with E-state index < -0.39 is 12.1 Å². The van der Waals surface area contributed by atoms with Gasteiger partial charge in [0.1, 0.15) is 17.1 Å². The Morgan fingerprint density at radius 3 is 2.21 bits per heavy atom. The zero-order valence-electron chi connectivity index (χ0n) is 14.2. The van der Waals surface area contributed by atoms with Gasteiger partial charge >= 0.3 is 5.97 Å². The van der Waals surface area contributed by atoms with Crippen molar-refractivity contribution in [3.63, 3.8) is 0 Å². The number of hydrogen-bond donors (Lipinski definition) is 0. The molecule has 0 amide bonds. The van der Waals surface area contributed by atoms with Crippen molar-refractivity contribution >= 4 is 11.8 Å². The molecule has 0 saturated heterocycles. The van der Waals surface area contributed by atoms with E-state index in [1.807, 2.05) is 19.1 Å². The fourth-order valence-corrected chi connectivity index (χ4v) is 2.20. The highest BCUT2D eigenvalue weighted by Crippen LogP contribution is 2.25. The van der Waals surface area contributed by atoms with E-state index in [-0.39, 0.29) is 11.3 Å². The second kappa shape index (κ2) is 7.64. The number of ketones is 1. The summed E-state index contributed by atoms with van der Waals surface area (Å²) in [5.74, 6) is 0.0137. The summed E-state index contributed by atoms with van der Waals surface area (Å²) in [6.45, 7) is 3.49. The largest absolute Gasteiger partial charge is 0.497 e. The van der Waals surface area contributed by atoms with Crippen LogP contribution in [0.1, 0.15) is 33.2 Å². The molecule has 2 aromatic carbocycles. The van der Waals surface area contributed by atoms with Gasteiger partial charge in [-0.3, -0.25) is 4.79 Å². The minimum atomic E-state index is -0.896. The van der Waals surface area contributed by atoms with E-state index >= 15 is 0 Å². The molecule has 5 nitrogen and oxygen atoms in total. The van der Waals surface area contributed by atoms with E-state index in [1.54, 1.807) is 37.3 Å². The van der Waals surface area contributed by atoms with Crippen molar-refractivity contribution in [1.29, 1.82) is 0 Å². The number of hydrogen-bond acceptors (Lipinski definition) is 5. The van der Waals surface area contributed by atoms with Gasteiger partial charge in [-0.1, -0.05) is 29.8 Å². The van der Waals surface area contributed by atoms with Gasteiger partial charge in [0.05, 0.1) is 14.2 Å². The Morgan fingerprint density at radius 2 is 1.62 bits per heavy atom. The van der Waals surface area contributed by atoms with Crippen molar-refractivity contribution in [1.82, 2.24) is 0 Å². The summed E-state index contributed by atoms with van der Waals surface area (Å²) >= 11 is 0. The molecule has 5 heteroatoms. The number of aryl methyl sites for hydroxylation is 1. The maximum absolute atomic E-state index is 12.3. The van der Waals surface area contributed by atoms with Crippen molar-refractivity contribution in [3.05, 3.63) is 59.2 Å². The van der Waals surface area contributed by atoms with Crippen LogP contribution in [0.25, 0.3) is 0 Å². The zero-order chi connectivity index (χ0) is 17.7. The molecule has 0 aliphatic carbocycles. The number of carbonyl (C=O) groups is 2. The first kappa shape index (κ1) is 17.5. The van der Waals surface area contributed by atoms with Crippen molar-refractivity contribution in [2.45, 2.75) is 20.0 Å². The van der Waals surface area contributed by atoms with Gasteiger partial charge in [0.25, 0.3) is 0 Å². The predicted octanol–water partition coefficient (Wildman–Crippen LogP) is 3.44. The predicted molar refractivity (Wildman–Crippen MR) is 89.9 cm³/mol. The van der Waals surface area contributed by atoms with Gasteiger partial charge in [-0.05, 0) is 26.0 Å². The van der Waals surface area contributed by atoms with Gasteiger partial charge in [-0.2, -0.15) is 0 Å². The Hall–Kier alpha value is -2.82. The zero-order valence-corrected chi connectivity index (χ0v) is 14.2. The first-order valence-corrected chi connectivity index (χ1v) is 7.50. The average Bonchev–Trinajstić information content (AvgIpc) is 2.60. The Bertz CT molecular complexity index is 734. The maximum atomic E-state index is 12.3. The van der Waals surface area contributed by atoms with Crippen LogP contribution in [0, 0.1) is 6.92 Å². The fourth-order valence-electron chi connectivity index (χ4n) is 2.20. The van der Waals surface area contributed by atoms with Crippen LogP contribution in [0.2, 0.25) is 0 Å². The standard InChI is InChI=1S/C19H20O5/c1-12-5-7-14(8-6-12)18(20)13(2)24-19(21)16-10-9-15(22-3)11-17(16)23-4/h5-11,13H,1-4H3/t13-/m1/s1. The molecule has 0 unspecified atom stereocenters. The SMILES string of the molecule is COc1ccc(C(=O)O[C@H](C)C(=O)c2ccc(C)cc2)c(OC)c1. The summed E-state index contributed by atoms with van der Waals surface area (Å²) in [6.07, 6.45) is -0.896. The number of methoxy groups -OCH3 is 2. The summed E-state index contributed by atoms with van der Waals surface area (Å²) in [6, 6.07) is 11.9. The quantitative estimate of drug-likeness (QED) is 0.600. The first-order chi connectivity index (χ1) is 11.5. The number of ether oxygens (including phenoxy) is 3. The van der Waals surface area contributed by atoms with Crippen molar-refractivity contribution in [2.75, 3.05) is 14.2 Å². The van der Waals surface area contributed by atoms with E-state index in [1.165, 1.54) is 14.2 Å². The summed E-state index contributed by atoms with van der Waals surface area (Å²) in [5, 5.41) is 0. The lowest BCUT2D eigenvalue weighted by molar-refractivity contribution is 0.0316. The molecule has 2 aromatic rings. The minimum absolute atomic E-state index is 0.238. The molecule has 0 aromatic heterocycles. The average molecular weight is 328 g/mol. The molecule has 0 aliphatic heterocycles. The second-order valence-corrected chi connectivity index (χ2v) is 5.34. The number of esters is 1. The summed E-state index contributed by atoms with van der Waals surface area (Å²) < 4.78 is 15.6. The fraction of sp³-hybridized carbons (Fsp3) is 0.263. The molecule has 0 radical (unpaired) electrons. The van der Waals surface area contributed by atoms with Gasteiger partial charge < -0.3 is 14.2 Å². The lowest BCUT2D eigenvalue weighted by atomic mass is 10.1. The third kappa shape index (κ3) is 3.93. The monoisotopic (exact) mass is 328 g/mol. The van der Waals surface area contributed by atoms with Crippen LogP contribution >= 0.6 is 0 Å². The minimum Gasteiger partial charge on any atom is -0.497 e. The highest BCUT2D eigenvalue weighted by atomic mass is 16.5. The van der Waals surface area contributed by atoms with Crippen LogP contribution in [0.5, 0.6) is 11.5 Å². The molecular formula is C19H20O5. The van der Waals surface area contributed by atoms with Gasteiger partial charge in [0, 0.05) is 11.6 Å². The summed E-state index contributed by atoms with van der Waals surface area (Å²) in [4.78, 5) is 24.7. The van der Waals surface area contributed by atoms with Crippen LogP contribution in [-0.2, 0) is 4.74 Å². The number of Topliss-reactive ketones (excluding diaryl/α,β-unsaturated/α-hetero) is 1. The summed E-state index contributed by atoms with van der Waals surface area (Å²) in [5.41, 5.74) is 1.80. The molecule has 1 atom stereocenters. The van der Waals surface area contributed by atoms with Crippen molar-refractivity contribution in [3.8, 4) is 11.5 Å². The Balaban J connectivity index is 2.14. The smallest absolute Gasteiger partial charge is 0.342 e. The van der Waals surface area contributed by atoms with Gasteiger partial charge in [0.15, 0.2) is 6.10 Å². The Labute approximate surface area is 141 Å². The molecule has 2 rings (SSSR count). The van der Waals surface area contributed by atoms with E-state index in [0.717, 1.165) is 5.56 Å². The van der Waals surface area contributed by atoms with Crippen LogP contribution in [-0.4, -0.2) is 32.1 Å². The van der Waals surface area contributed by atoms with E-state index in [0.29, 0.717) is 17.1 Å². The van der Waals surface area contributed by atoms with E-state index in [4.69, 9.17) is 14.2 Å². The van der Waals surface area contributed by atoms with Gasteiger partial charge in [-0.15, -0.1) is 0 Å². The first-order valence-electron chi connectivity index (χ1n) is 7.50.